The smallest absolute Gasteiger partial charge is 0.252 e. The summed E-state index contributed by atoms with van der Waals surface area (Å²) >= 11 is 3.57. The molecule has 0 spiro atoms. The van der Waals surface area contributed by atoms with Crippen LogP contribution < -0.4 is 5.32 Å². The summed E-state index contributed by atoms with van der Waals surface area (Å²) in [6, 6.07) is 14.0. The van der Waals surface area contributed by atoms with Crippen LogP contribution in [-0.4, -0.2) is 30.1 Å². The number of amides is 1. The van der Waals surface area contributed by atoms with Crippen LogP contribution in [0, 0.1) is 13.8 Å². The van der Waals surface area contributed by atoms with Crippen molar-refractivity contribution < 1.29 is 9.53 Å². The van der Waals surface area contributed by atoms with E-state index in [1.165, 1.54) is 0 Å². The number of nitrogens with zero attached hydrogens (tertiary/aromatic N) is 1. The first-order valence-corrected chi connectivity index (χ1v) is 10.4. The fourth-order valence-electron chi connectivity index (χ4n) is 3.86. The molecule has 0 saturated carbocycles. The van der Waals surface area contributed by atoms with Crippen LogP contribution in [0.5, 0.6) is 0 Å². The number of benzene rings is 2. The zero-order chi connectivity index (χ0) is 19.7. The van der Waals surface area contributed by atoms with E-state index in [9.17, 15) is 4.79 Å². The normalized spacial score (nSPS) is 16.5. The van der Waals surface area contributed by atoms with E-state index < -0.39 is 0 Å². The Kier molecular flexibility index (Phi) is 5.47. The summed E-state index contributed by atoms with van der Waals surface area (Å²) in [4.78, 5) is 18.2. The molecule has 1 aliphatic rings. The van der Waals surface area contributed by atoms with Crippen molar-refractivity contribution in [3.8, 4) is 11.3 Å². The SMILES string of the molecule is Cc1c(-c2ccccc2)nc2c(C)cc(Br)cc2c1C(=O)NCC1CCCO1. The van der Waals surface area contributed by atoms with Gasteiger partial charge in [-0.15, -0.1) is 0 Å². The maximum absolute atomic E-state index is 13.2. The fourth-order valence-corrected chi connectivity index (χ4v) is 4.43. The van der Waals surface area contributed by atoms with Crippen molar-refractivity contribution in [3.63, 3.8) is 0 Å². The standard InChI is InChI=1S/C23H23BrN2O2/c1-14-11-17(24)12-19-20(23(27)25-13-18-9-6-10-28-18)15(2)22(26-21(14)19)16-7-4-3-5-8-16/h3-5,7-8,11-12,18H,6,9-10,13H2,1-2H3,(H,25,27). The Morgan fingerprint density at radius 2 is 2.04 bits per heavy atom. The van der Waals surface area contributed by atoms with Gasteiger partial charge in [-0.2, -0.15) is 0 Å². The van der Waals surface area contributed by atoms with Crippen molar-refractivity contribution in [2.45, 2.75) is 32.8 Å². The minimum Gasteiger partial charge on any atom is -0.376 e. The topological polar surface area (TPSA) is 51.2 Å². The molecule has 1 unspecified atom stereocenters. The zero-order valence-corrected chi connectivity index (χ0v) is 17.7. The molecule has 0 bridgehead atoms. The summed E-state index contributed by atoms with van der Waals surface area (Å²) in [6.45, 7) is 5.32. The number of rotatable bonds is 4. The Labute approximate surface area is 173 Å². The third-order valence-corrected chi connectivity index (χ3v) is 5.73. The van der Waals surface area contributed by atoms with Gasteiger partial charge in [-0.1, -0.05) is 46.3 Å². The molecule has 4 nitrogen and oxygen atoms in total. The van der Waals surface area contributed by atoms with Gasteiger partial charge in [-0.3, -0.25) is 4.79 Å². The molecular formula is C23H23BrN2O2. The fraction of sp³-hybridized carbons (Fsp3) is 0.304. The number of fused-ring (bicyclic) bond motifs is 1. The Balaban J connectivity index is 1.84. The number of ether oxygens (including phenoxy) is 1. The molecule has 0 aliphatic carbocycles. The maximum Gasteiger partial charge on any atom is 0.252 e. The molecule has 1 aliphatic heterocycles. The van der Waals surface area contributed by atoms with E-state index in [0.717, 1.165) is 57.2 Å². The van der Waals surface area contributed by atoms with E-state index in [4.69, 9.17) is 9.72 Å². The number of aryl methyl sites for hydroxylation is 1. The third-order valence-electron chi connectivity index (χ3n) is 5.28. The lowest BCUT2D eigenvalue weighted by Crippen LogP contribution is -2.32. The highest BCUT2D eigenvalue weighted by Gasteiger charge is 2.22. The second kappa shape index (κ2) is 8.02. The molecule has 1 saturated heterocycles. The molecular weight excluding hydrogens is 416 g/mol. The van der Waals surface area contributed by atoms with Crippen LogP contribution in [0.3, 0.4) is 0 Å². The molecule has 0 radical (unpaired) electrons. The van der Waals surface area contributed by atoms with Gasteiger partial charge in [0.05, 0.1) is 22.9 Å². The van der Waals surface area contributed by atoms with Crippen LogP contribution in [0.2, 0.25) is 0 Å². The number of carbonyl (C=O) groups excluding carboxylic acids is 1. The Morgan fingerprint density at radius 3 is 2.75 bits per heavy atom. The number of nitrogens with one attached hydrogen (secondary N) is 1. The van der Waals surface area contributed by atoms with Gasteiger partial charge in [-0.05, 0) is 49.9 Å². The Morgan fingerprint density at radius 1 is 1.25 bits per heavy atom. The Bertz CT molecular complexity index is 1030. The number of hydrogen-bond donors (Lipinski definition) is 1. The van der Waals surface area contributed by atoms with E-state index in [2.05, 4.69) is 21.2 Å². The van der Waals surface area contributed by atoms with Gasteiger partial charge in [0.1, 0.15) is 0 Å². The molecule has 3 aromatic rings. The number of carbonyl (C=O) groups is 1. The second-order valence-corrected chi connectivity index (χ2v) is 8.21. The number of halogens is 1. The summed E-state index contributed by atoms with van der Waals surface area (Å²) in [7, 11) is 0. The quantitative estimate of drug-likeness (QED) is 0.609. The molecule has 5 heteroatoms. The zero-order valence-electron chi connectivity index (χ0n) is 16.1. The molecule has 1 N–H and O–H groups in total. The average molecular weight is 439 g/mol. The van der Waals surface area contributed by atoms with Gasteiger partial charge < -0.3 is 10.1 Å². The minimum absolute atomic E-state index is 0.0740. The lowest BCUT2D eigenvalue weighted by atomic mass is 9.96. The van der Waals surface area contributed by atoms with E-state index >= 15 is 0 Å². The summed E-state index contributed by atoms with van der Waals surface area (Å²) in [5.74, 6) is -0.0740. The van der Waals surface area contributed by atoms with Crippen molar-refractivity contribution in [2.75, 3.05) is 13.2 Å². The molecule has 2 aromatic carbocycles. The molecule has 28 heavy (non-hydrogen) atoms. The van der Waals surface area contributed by atoms with Crippen LogP contribution in [0.1, 0.15) is 34.3 Å². The van der Waals surface area contributed by atoms with Crippen LogP contribution in [0.25, 0.3) is 22.2 Å². The molecule has 4 rings (SSSR count). The monoisotopic (exact) mass is 438 g/mol. The summed E-state index contributed by atoms with van der Waals surface area (Å²) in [5, 5.41) is 3.95. The van der Waals surface area contributed by atoms with Crippen molar-refractivity contribution in [3.05, 3.63) is 63.6 Å². The predicted molar refractivity (Wildman–Crippen MR) is 116 cm³/mol. The van der Waals surface area contributed by atoms with Crippen molar-refractivity contribution in [2.24, 2.45) is 0 Å². The lowest BCUT2D eigenvalue weighted by molar-refractivity contribution is 0.0858. The van der Waals surface area contributed by atoms with Crippen LogP contribution >= 0.6 is 15.9 Å². The summed E-state index contributed by atoms with van der Waals surface area (Å²) < 4.78 is 6.60. The third kappa shape index (κ3) is 3.69. The summed E-state index contributed by atoms with van der Waals surface area (Å²) in [5.41, 5.74) is 5.33. The van der Waals surface area contributed by atoms with Crippen molar-refractivity contribution in [1.29, 1.82) is 0 Å². The van der Waals surface area contributed by atoms with E-state index in [1.807, 2.05) is 56.3 Å². The number of pyridine rings is 1. The van der Waals surface area contributed by atoms with Crippen LogP contribution in [-0.2, 0) is 4.74 Å². The minimum atomic E-state index is -0.0740. The van der Waals surface area contributed by atoms with Crippen molar-refractivity contribution >= 4 is 32.7 Å². The van der Waals surface area contributed by atoms with Gasteiger partial charge >= 0.3 is 0 Å². The van der Waals surface area contributed by atoms with Gasteiger partial charge in [0.2, 0.25) is 0 Å². The van der Waals surface area contributed by atoms with Gasteiger partial charge in [0.25, 0.3) is 5.91 Å². The Hall–Kier alpha value is -2.24. The van der Waals surface area contributed by atoms with Crippen LogP contribution in [0.15, 0.2) is 46.9 Å². The van der Waals surface area contributed by atoms with Crippen LogP contribution in [0.4, 0.5) is 0 Å². The molecule has 144 valence electrons. The molecule has 1 aromatic heterocycles. The first-order chi connectivity index (χ1) is 13.5. The number of aromatic nitrogens is 1. The molecule has 1 fully saturated rings. The predicted octanol–water partition coefficient (Wildman–Crippen LogP) is 5.19. The van der Waals surface area contributed by atoms with Gasteiger partial charge in [0.15, 0.2) is 0 Å². The second-order valence-electron chi connectivity index (χ2n) is 7.29. The highest BCUT2D eigenvalue weighted by Crippen LogP contribution is 2.33. The first kappa shape index (κ1) is 19.1. The average Bonchev–Trinajstić information content (AvgIpc) is 3.20. The largest absolute Gasteiger partial charge is 0.376 e. The molecule has 2 heterocycles. The van der Waals surface area contributed by atoms with Gasteiger partial charge in [-0.25, -0.2) is 4.98 Å². The number of hydrogen-bond acceptors (Lipinski definition) is 3. The van der Waals surface area contributed by atoms with Gasteiger partial charge in [0, 0.05) is 28.6 Å². The first-order valence-electron chi connectivity index (χ1n) is 9.60. The van der Waals surface area contributed by atoms with Crippen molar-refractivity contribution in [1.82, 2.24) is 10.3 Å². The highest BCUT2D eigenvalue weighted by molar-refractivity contribution is 9.10. The lowest BCUT2D eigenvalue weighted by Gasteiger charge is -2.17. The van der Waals surface area contributed by atoms with E-state index in [-0.39, 0.29) is 12.0 Å². The highest BCUT2D eigenvalue weighted by atomic mass is 79.9. The summed E-state index contributed by atoms with van der Waals surface area (Å²) in [6.07, 6.45) is 2.16. The van der Waals surface area contributed by atoms with E-state index in [1.54, 1.807) is 0 Å². The maximum atomic E-state index is 13.2. The molecule has 1 atom stereocenters. The molecule has 1 amide bonds. The van der Waals surface area contributed by atoms with E-state index in [0.29, 0.717) is 12.1 Å².